The number of phenolic OH excluding ortho intramolecular Hbond substituents is 1. The summed E-state index contributed by atoms with van der Waals surface area (Å²) in [6.07, 6.45) is 1.46. The number of rotatable bonds is 4. The van der Waals surface area contributed by atoms with Gasteiger partial charge in [0.05, 0.1) is 0 Å². The third-order valence-electron chi connectivity index (χ3n) is 2.86. The third kappa shape index (κ3) is 3.94. The van der Waals surface area contributed by atoms with Crippen molar-refractivity contribution < 1.29 is 14.7 Å². The molecule has 0 saturated heterocycles. The summed E-state index contributed by atoms with van der Waals surface area (Å²) in [5.74, 6) is 4.19. The summed E-state index contributed by atoms with van der Waals surface area (Å²) in [6.45, 7) is 0. The molecule has 0 aliphatic rings. The number of nitrogens with one attached hydrogen (secondary N) is 2. The van der Waals surface area contributed by atoms with Crippen LogP contribution in [0.5, 0.6) is 5.75 Å². The van der Waals surface area contributed by atoms with Crippen LogP contribution in [-0.2, 0) is 4.79 Å². The molecular formula is C16H15N3O3. The fourth-order valence-corrected chi connectivity index (χ4v) is 1.76. The van der Waals surface area contributed by atoms with Gasteiger partial charge in [0.15, 0.2) is 0 Å². The average molecular weight is 297 g/mol. The average Bonchev–Trinajstić information content (AvgIpc) is 2.56. The standard InChI is InChI=1S/C16H15N3O3/c17-19-16(22)14(10-11-6-8-13(20)9-7-11)18-15(21)12-4-2-1-3-5-12/h1-10,20H,17H2,(H,18,21)(H,19,22)/b14-10+. The van der Waals surface area contributed by atoms with E-state index in [9.17, 15) is 14.7 Å². The zero-order chi connectivity index (χ0) is 15.9. The van der Waals surface area contributed by atoms with Gasteiger partial charge in [0.25, 0.3) is 11.8 Å². The molecule has 0 unspecified atom stereocenters. The molecule has 2 aromatic rings. The monoisotopic (exact) mass is 297 g/mol. The van der Waals surface area contributed by atoms with Crippen LogP contribution >= 0.6 is 0 Å². The molecule has 0 fully saturated rings. The van der Waals surface area contributed by atoms with E-state index >= 15 is 0 Å². The summed E-state index contributed by atoms with van der Waals surface area (Å²) >= 11 is 0. The summed E-state index contributed by atoms with van der Waals surface area (Å²) in [6, 6.07) is 14.7. The van der Waals surface area contributed by atoms with Crippen molar-refractivity contribution in [2.45, 2.75) is 0 Å². The van der Waals surface area contributed by atoms with E-state index in [0.717, 1.165) is 0 Å². The molecule has 5 N–H and O–H groups in total. The van der Waals surface area contributed by atoms with Crippen LogP contribution in [-0.4, -0.2) is 16.9 Å². The molecule has 0 atom stereocenters. The first-order valence-corrected chi connectivity index (χ1v) is 6.48. The van der Waals surface area contributed by atoms with E-state index in [-0.39, 0.29) is 11.4 Å². The van der Waals surface area contributed by atoms with Crippen LogP contribution in [0.4, 0.5) is 0 Å². The number of aromatic hydroxyl groups is 1. The first-order valence-electron chi connectivity index (χ1n) is 6.48. The van der Waals surface area contributed by atoms with Crippen molar-refractivity contribution in [2.75, 3.05) is 0 Å². The number of hydrazine groups is 1. The number of hydrogen-bond acceptors (Lipinski definition) is 4. The van der Waals surface area contributed by atoms with Gasteiger partial charge in [0, 0.05) is 5.56 Å². The van der Waals surface area contributed by atoms with Crippen LogP contribution < -0.4 is 16.6 Å². The fraction of sp³-hybridized carbons (Fsp3) is 0. The van der Waals surface area contributed by atoms with Gasteiger partial charge in [-0.2, -0.15) is 0 Å². The molecule has 0 aliphatic heterocycles. The molecule has 0 aromatic heterocycles. The Morgan fingerprint density at radius 1 is 1.00 bits per heavy atom. The van der Waals surface area contributed by atoms with E-state index in [4.69, 9.17) is 5.84 Å². The van der Waals surface area contributed by atoms with Crippen LogP contribution in [0.25, 0.3) is 6.08 Å². The molecule has 0 saturated carbocycles. The predicted octanol–water partition coefficient (Wildman–Crippen LogP) is 1.15. The first-order chi connectivity index (χ1) is 10.6. The number of benzene rings is 2. The van der Waals surface area contributed by atoms with Gasteiger partial charge in [-0.3, -0.25) is 15.0 Å². The van der Waals surface area contributed by atoms with Crippen LogP contribution in [0, 0.1) is 0 Å². The number of nitrogens with two attached hydrogens (primary N) is 1. The second-order valence-corrected chi connectivity index (χ2v) is 4.44. The Morgan fingerprint density at radius 3 is 2.23 bits per heavy atom. The normalized spacial score (nSPS) is 10.9. The molecule has 0 heterocycles. The molecule has 6 heteroatoms. The van der Waals surface area contributed by atoms with Gasteiger partial charge in [0.2, 0.25) is 0 Å². The van der Waals surface area contributed by atoms with Gasteiger partial charge < -0.3 is 10.4 Å². The van der Waals surface area contributed by atoms with Crippen molar-refractivity contribution >= 4 is 17.9 Å². The second kappa shape index (κ2) is 7.05. The Balaban J connectivity index is 2.25. The van der Waals surface area contributed by atoms with E-state index in [0.29, 0.717) is 11.1 Å². The van der Waals surface area contributed by atoms with Crippen molar-refractivity contribution in [2.24, 2.45) is 5.84 Å². The highest BCUT2D eigenvalue weighted by molar-refractivity contribution is 6.05. The Kier molecular flexibility index (Phi) is 4.89. The van der Waals surface area contributed by atoms with E-state index < -0.39 is 11.8 Å². The molecule has 2 rings (SSSR count). The Bertz CT molecular complexity index is 694. The molecule has 0 bridgehead atoms. The number of carbonyl (C=O) groups excluding carboxylic acids is 2. The zero-order valence-corrected chi connectivity index (χ0v) is 11.6. The zero-order valence-electron chi connectivity index (χ0n) is 11.6. The van der Waals surface area contributed by atoms with Gasteiger partial charge in [-0.1, -0.05) is 30.3 Å². The predicted molar refractivity (Wildman–Crippen MR) is 82.3 cm³/mol. The molecule has 112 valence electrons. The molecule has 22 heavy (non-hydrogen) atoms. The largest absolute Gasteiger partial charge is 0.508 e. The smallest absolute Gasteiger partial charge is 0.281 e. The van der Waals surface area contributed by atoms with E-state index in [1.807, 2.05) is 5.43 Å². The number of phenols is 1. The third-order valence-corrected chi connectivity index (χ3v) is 2.86. The highest BCUT2D eigenvalue weighted by Crippen LogP contribution is 2.12. The lowest BCUT2D eigenvalue weighted by Crippen LogP contribution is -2.38. The van der Waals surface area contributed by atoms with Gasteiger partial charge in [-0.15, -0.1) is 0 Å². The van der Waals surface area contributed by atoms with Crippen molar-refractivity contribution in [3.8, 4) is 5.75 Å². The van der Waals surface area contributed by atoms with Gasteiger partial charge in [0.1, 0.15) is 11.4 Å². The molecule has 2 amide bonds. The number of hydrogen-bond donors (Lipinski definition) is 4. The lowest BCUT2D eigenvalue weighted by molar-refractivity contribution is -0.117. The highest BCUT2D eigenvalue weighted by Gasteiger charge is 2.13. The molecule has 2 aromatic carbocycles. The lowest BCUT2D eigenvalue weighted by Gasteiger charge is -2.09. The minimum absolute atomic E-state index is 0.00189. The van der Waals surface area contributed by atoms with Crippen LogP contribution in [0.1, 0.15) is 15.9 Å². The van der Waals surface area contributed by atoms with Crippen LogP contribution in [0.15, 0.2) is 60.3 Å². The minimum atomic E-state index is -0.627. The second-order valence-electron chi connectivity index (χ2n) is 4.44. The number of carbonyl (C=O) groups is 2. The Hall–Kier alpha value is -3.12. The van der Waals surface area contributed by atoms with Crippen molar-refractivity contribution in [1.82, 2.24) is 10.7 Å². The molecule has 6 nitrogen and oxygen atoms in total. The van der Waals surface area contributed by atoms with E-state index in [2.05, 4.69) is 5.32 Å². The summed E-state index contributed by atoms with van der Waals surface area (Å²) in [7, 11) is 0. The van der Waals surface area contributed by atoms with Gasteiger partial charge in [-0.25, -0.2) is 5.84 Å². The summed E-state index contributed by atoms with van der Waals surface area (Å²) < 4.78 is 0. The maximum absolute atomic E-state index is 12.1. The lowest BCUT2D eigenvalue weighted by atomic mass is 10.1. The van der Waals surface area contributed by atoms with Gasteiger partial charge >= 0.3 is 0 Å². The van der Waals surface area contributed by atoms with E-state index in [1.165, 1.54) is 18.2 Å². The maximum atomic E-state index is 12.1. The quantitative estimate of drug-likeness (QED) is 0.294. The topological polar surface area (TPSA) is 104 Å². The summed E-state index contributed by atoms with van der Waals surface area (Å²) in [4.78, 5) is 23.9. The van der Waals surface area contributed by atoms with Crippen molar-refractivity contribution in [3.05, 3.63) is 71.4 Å². The summed E-state index contributed by atoms with van der Waals surface area (Å²) in [5.41, 5.74) is 3.03. The number of amides is 2. The highest BCUT2D eigenvalue weighted by atomic mass is 16.3. The first kappa shape index (κ1) is 15.3. The minimum Gasteiger partial charge on any atom is -0.508 e. The summed E-state index contributed by atoms with van der Waals surface area (Å²) in [5, 5.41) is 11.8. The molecular weight excluding hydrogens is 282 g/mol. The Labute approximate surface area is 127 Å². The van der Waals surface area contributed by atoms with Crippen molar-refractivity contribution in [1.29, 1.82) is 0 Å². The molecule has 0 radical (unpaired) electrons. The van der Waals surface area contributed by atoms with Crippen molar-refractivity contribution in [3.63, 3.8) is 0 Å². The molecule has 0 aliphatic carbocycles. The maximum Gasteiger partial charge on any atom is 0.281 e. The molecule has 0 spiro atoms. The van der Waals surface area contributed by atoms with Crippen LogP contribution in [0.2, 0.25) is 0 Å². The fourth-order valence-electron chi connectivity index (χ4n) is 1.76. The SMILES string of the molecule is NNC(=O)/C(=C\c1ccc(O)cc1)NC(=O)c1ccccc1. The van der Waals surface area contributed by atoms with Crippen LogP contribution in [0.3, 0.4) is 0 Å². The van der Waals surface area contributed by atoms with Gasteiger partial charge in [-0.05, 0) is 35.9 Å². The Morgan fingerprint density at radius 2 is 1.64 bits per heavy atom. The van der Waals surface area contributed by atoms with E-state index in [1.54, 1.807) is 42.5 Å².